The van der Waals surface area contributed by atoms with Crippen molar-refractivity contribution in [1.29, 1.82) is 0 Å². The highest BCUT2D eigenvalue weighted by Gasteiger charge is 2.35. The van der Waals surface area contributed by atoms with Gasteiger partial charge in [0, 0.05) is 48.5 Å². The lowest BCUT2D eigenvalue weighted by molar-refractivity contribution is -0.137. The average molecular weight is 478 g/mol. The number of carbonyl (C=O) groups excluding carboxylic acids is 1. The summed E-state index contributed by atoms with van der Waals surface area (Å²) in [6.07, 6.45) is 0.835. The number of fused-ring (bicyclic) bond motifs is 2. The van der Waals surface area contributed by atoms with Gasteiger partial charge in [0.1, 0.15) is 12.1 Å². The zero-order valence-corrected chi connectivity index (χ0v) is 18.1. The van der Waals surface area contributed by atoms with Gasteiger partial charge in [-0.15, -0.1) is 0 Å². The third-order valence-corrected chi connectivity index (χ3v) is 6.06. The molecular weight excluding hydrogens is 461 g/mol. The number of benzene rings is 1. The van der Waals surface area contributed by atoms with E-state index in [1.54, 1.807) is 12.5 Å². The van der Waals surface area contributed by atoms with Crippen LogP contribution in [0.25, 0.3) is 22.6 Å². The number of pyridine rings is 1. The molecular formula is C24H17F3N6O2. The van der Waals surface area contributed by atoms with Crippen LogP contribution >= 0.6 is 0 Å². The summed E-state index contributed by atoms with van der Waals surface area (Å²) < 4.78 is 45.1. The van der Waals surface area contributed by atoms with E-state index in [9.17, 15) is 18.0 Å². The Morgan fingerprint density at radius 1 is 1.17 bits per heavy atom. The molecule has 6 rings (SSSR count). The maximum absolute atomic E-state index is 13.3. The smallest absolute Gasteiger partial charge is 0.364 e. The zero-order chi connectivity index (χ0) is 24.2. The van der Waals surface area contributed by atoms with Crippen molar-refractivity contribution in [2.75, 3.05) is 11.4 Å². The Kier molecular flexibility index (Phi) is 4.73. The first-order valence-electron chi connectivity index (χ1n) is 10.8. The maximum Gasteiger partial charge on any atom is 0.417 e. The molecule has 8 nitrogen and oxygen atoms in total. The fraction of sp³-hybridized carbons (Fsp3) is 0.167. The molecule has 11 heteroatoms. The van der Waals surface area contributed by atoms with Gasteiger partial charge in [-0.25, -0.2) is 9.97 Å². The van der Waals surface area contributed by atoms with Crippen molar-refractivity contribution in [2.24, 2.45) is 0 Å². The van der Waals surface area contributed by atoms with Crippen molar-refractivity contribution >= 4 is 22.6 Å². The van der Waals surface area contributed by atoms with E-state index in [1.807, 2.05) is 6.07 Å². The first-order chi connectivity index (χ1) is 16.9. The van der Waals surface area contributed by atoms with Gasteiger partial charge in [-0.3, -0.25) is 4.79 Å². The van der Waals surface area contributed by atoms with Crippen molar-refractivity contribution in [2.45, 2.75) is 19.1 Å². The normalized spacial score (nSPS) is 13.9. The number of imidazole rings is 1. The van der Waals surface area contributed by atoms with Gasteiger partial charge in [0.25, 0.3) is 0 Å². The molecule has 0 aliphatic carbocycles. The number of nitrogens with one attached hydrogen (secondary N) is 2. The van der Waals surface area contributed by atoms with Crippen molar-refractivity contribution in [1.82, 2.24) is 25.1 Å². The number of aromatic amines is 2. The highest BCUT2D eigenvalue weighted by atomic mass is 19.4. The number of alkyl halides is 3. The molecule has 0 saturated heterocycles. The molecule has 4 aromatic heterocycles. The maximum atomic E-state index is 13.3. The molecule has 0 saturated carbocycles. The van der Waals surface area contributed by atoms with Gasteiger partial charge in [0.15, 0.2) is 11.6 Å². The zero-order valence-electron chi connectivity index (χ0n) is 18.1. The third kappa shape index (κ3) is 3.74. The molecule has 0 fully saturated rings. The number of anilines is 1. The second-order valence-electron chi connectivity index (χ2n) is 8.28. The van der Waals surface area contributed by atoms with Gasteiger partial charge < -0.3 is 19.4 Å². The number of hydrogen-bond acceptors (Lipinski definition) is 6. The molecule has 1 aromatic carbocycles. The van der Waals surface area contributed by atoms with E-state index in [4.69, 9.17) is 4.52 Å². The number of aromatic nitrogens is 5. The second kappa shape index (κ2) is 7.83. The average Bonchev–Trinajstić information content (AvgIpc) is 3.61. The Morgan fingerprint density at radius 2 is 2.03 bits per heavy atom. The number of halogens is 3. The highest BCUT2D eigenvalue weighted by molar-refractivity contribution is 6.10. The van der Waals surface area contributed by atoms with E-state index in [0.29, 0.717) is 29.1 Å². The predicted molar refractivity (Wildman–Crippen MR) is 120 cm³/mol. The number of hydrogen-bond donors (Lipinski definition) is 2. The van der Waals surface area contributed by atoms with Crippen LogP contribution in [0.5, 0.6) is 0 Å². The Bertz CT molecular complexity index is 1560. The number of ketones is 1. The summed E-state index contributed by atoms with van der Waals surface area (Å²) in [6, 6.07) is 8.09. The van der Waals surface area contributed by atoms with E-state index in [2.05, 4.69) is 30.0 Å². The van der Waals surface area contributed by atoms with Gasteiger partial charge in [-0.1, -0.05) is 23.4 Å². The standard InChI is InChI=1S/C24H17F3N6O2/c25-24(26,27)16-4-2-1-3-15(16)22(34)13-7-19(28-9-13)23-30-18-8-21(29-10-20(18)31-23)33-6-5-17-14(11-33)12-35-32-17/h1-4,7-10,12,28H,5-6,11H2,(H,30,31). The van der Waals surface area contributed by atoms with E-state index in [-0.39, 0.29) is 5.56 Å². The topological polar surface area (TPSA) is 104 Å². The Balaban J connectivity index is 1.28. The van der Waals surface area contributed by atoms with E-state index in [1.165, 1.54) is 30.5 Å². The van der Waals surface area contributed by atoms with Crippen LogP contribution in [0.15, 0.2) is 59.6 Å². The van der Waals surface area contributed by atoms with Crippen molar-refractivity contribution in [3.63, 3.8) is 0 Å². The van der Waals surface area contributed by atoms with E-state index >= 15 is 0 Å². The van der Waals surface area contributed by atoms with Crippen LogP contribution in [0.4, 0.5) is 19.0 Å². The lowest BCUT2D eigenvalue weighted by Crippen LogP contribution is -2.30. The Morgan fingerprint density at radius 3 is 2.89 bits per heavy atom. The Labute approximate surface area is 195 Å². The van der Waals surface area contributed by atoms with Crippen LogP contribution in [0.3, 0.4) is 0 Å². The first kappa shape index (κ1) is 21.1. The van der Waals surface area contributed by atoms with Crippen LogP contribution < -0.4 is 4.90 Å². The lowest BCUT2D eigenvalue weighted by Gasteiger charge is -2.26. The predicted octanol–water partition coefficient (Wildman–Crippen LogP) is 4.75. The van der Waals surface area contributed by atoms with Crippen LogP contribution in [0, 0.1) is 0 Å². The summed E-state index contributed by atoms with van der Waals surface area (Å²) in [5, 5.41) is 4.00. The molecule has 0 radical (unpaired) electrons. The second-order valence-corrected chi connectivity index (χ2v) is 8.28. The van der Waals surface area contributed by atoms with Crippen molar-refractivity contribution < 1.29 is 22.5 Å². The molecule has 1 aliphatic rings. The van der Waals surface area contributed by atoms with Crippen LogP contribution in [-0.2, 0) is 19.1 Å². The molecule has 0 bridgehead atoms. The highest BCUT2D eigenvalue weighted by Crippen LogP contribution is 2.33. The summed E-state index contributed by atoms with van der Waals surface area (Å²) >= 11 is 0. The van der Waals surface area contributed by atoms with E-state index in [0.717, 1.165) is 36.1 Å². The van der Waals surface area contributed by atoms with Crippen LogP contribution in [0.1, 0.15) is 32.7 Å². The first-order valence-corrected chi connectivity index (χ1v) is 10.8. The molecule has 5 heterocycles. The molecule has 5 aromatic rings. The molecule has 0 atom stereocenters. The summed E-state index contributed by atoms with van der Waals surface area (Å²) in [5.74, 6) is 0.481. The summed E-state index contributed by atoms with van der Waals surface area (Å²) in [6.45, 7) is 1.38. The van der Waals surface area contributed by atoms with Gasteiger partial charge in [-0.05, 0) is 12.1 Å². The van der Waals surface area contributed by atoms with Gasteiger partial charge in [-0.2, -0.15) is 13.2 Å². The fourth-order valence-corrected chi connectivity index (χ4v) is 4.28. The summed E-state index contributed by atoms with van der Waals surface area (Å²) in [5.41, 5.74) is 2.56. The van der Waals surface area contributed by atoms with E-state index < -0.39 is 23.1 Å². The summed E-state index contributed by atoms with van der Waals surface area (Å²) in [4.78, 5) is 30.2. The minimum Gasteiger partial charge on any atom is -0.364 e. The SMILES string of the molecule is O=C(c1c[nH]c(-c2nc3cc(N4CCc5nocc5C4)ncc3[nH]2)c1)c1ccccc1C(F)(F)F. The van der Waals surface area contributed by atoms with Crippen LogP contribution in [-0.4, -0.2) is 37.4 Å². The monoisotopic (exact) mass is 478 g/mol. The number of rotatable bonds is 4. The molecule has 0 unspecified atom stereocenters. The molecule has 2 N–H and O–H groups in total. The third-order valence-electron chi connectivity index (χ3n) is 6.06. The molecule has 176 valence electrons. The molecule has 1 aliphatic heterocycles. The Hall–Kier alpha value is -4.41. The van der Waals surface area contributed by atoms with Crippen molar-refractivity contribution in [3.05, 3.63) is 83.0 Å². The number of H-pyrrole nitrogens is 2. The molecule has 0 spiro atoms. The quantitative estimate of drug-likeness (QED) is 0.361. The lowest BCUT2D eigenvalue weighted by atomic mass is 9.99. The van der Waals surface area contributed by atoms with Gasteiger partial charge >= 0.3 is 6.18 Å². The number of nitrogens with zero attached hydrogens (tertiary/aromatic N) is 4. The van der Waals surface area contributed by atoms with Gasteiger partial charge in [0.05, 0.1) is 34.2 Å². The molecule has 0 amide bonds. The molecule has 35 heavy (non-hydrogen) atoms. The fourth-order valence-electron chi connectivity index (χ4n) is 4.28. The van der Waals surface area contributed by atoms with Gasteiger partial charge in [0.2, 0.25) is 0 Å². The number of carbonyl (C=O) groups is 1. The summed E-state index contributed by atoms with van der Waals surface area (Å²) in [7, 11) is 0. The van der Waals surface area contributed by atoms with Crippen molar-refractivity contribution in [3.8, 4) is 11.5 Å². The largest absolute Gasteiger partial charge is 0.417 e. The van der Waals surface area contributed by atoms with Crippen LogP contribution in [0.2, 0.25) is 0 Å². The minimum atomic E-state index is -4.63. The minimum absolute atomic E-state index is 0.105.